The van der Waals surface area contributed by atoms with Crippen molar-refractivity contribution in [2.24, 2.45) is 0 Å². The molecule has 1 aromatic heterocycles. The number of carbonyl (C=O) groups is 1. The summed E-state index contributed by atoms with van der Waals surface area (Å²) >= 11 is 0. The highest BCUT2D eigenvalue weighted by atomic mass is 16.3. The van der Waals surface area contributed by atoms with Gasteiger partial charge in [0.2, 0.25) is 0 Å². The number of aryl methyl sites for hydroxylation is 2. The molecular formula is C15H27N3O2. The molecule has 5 heteroatoms. The summed E-state index contributed by atoms with van der Waals surface area (Å²) < 4.78 is 1.76. The van der Waals surface area contributed by atoms with Crippen molar-refractivity contribution in [1.82, 2.24) is 14.7 Å². The van der Waals surface area contributed by atoms with E-state index in [0.717, 1.165) is 25.0 Å². The third kappa shape index (κ3) is 3.60. The van der Waals surface area contributed by atoms with E-state index in [1.54, 1.807) is 9.58 Å². The molecule has 0 unspecified atom stereocenters. The van der Waals surface area contributed by atoms with Crippen molar-refractivity contribution >= 4 is 5.91 Å². The number of aliphatic hydroxyl groups excluding tert-OH is 1. The molecule has 1 heterocycles. The first-order chi connectivity index (χ1) is 9.62. The molecule has 20 heavy (non-hydrogen) atoms. The number of aliphatic hydroxyl groups is 1. The third-order valence-corrected chi connectivity index (χ3v) is 3.70. The molecule has 5 nitrogen and oxygen atoms in total. The topological polar surface area (TPSA) is 58.4 Å². The molecule has 114 valence electrons. The van der Waals surface area contributed by atoms with Crippen LogP contribution in [0.4, 0.5) is 0 Å². The maximum Gasteiger partial charge on any atom is 0.272 e. The minimum absolute atomic E-state index is 0.0108. The van der Waals surface area contributed by atoms with Crippen LogP contribution in [0.1, 0.15) is 56.7 Å². The van der Waals surface area contributed by atoms with Gasteiger partial charge in [-0.15, -0.1) is 0 Å². The van der Waals surface area contributed by atoms with Crippen molar-refractivity contribution in [2.75, 3.05) is 13.2 Å². The Morgan fingerprint density at radius 3 is 2.45 bits per heavy atom. The minimum atomic E-state index is -0.0261. The van der Waals surface area contributed by atoms with Crippen molar-refractivity contribution in [3.05, 3.63) is 17.5 Å². The van der Waals surface area contributed by atoms with Crippen LogP contribution in [0.25, 0.3) is 0 Å². The lowest BCUT2D eigenvalue weighted by atomic mass is 10.1. The Bertz CT molecular complexity index is 425. The first kappa shape index (κ1) is 16.7. The highest BCUT2D eigenvalue weighted by Crippen LogP contribution is 2.15. The summed E-state index contributed by atoms with van der Waals surface area (Å²) in [6, 6.07) is 2.04. The molecule has 0 fully saturated rings. The van der Waals surface area contributed by atoms with E-state index in [1.165, 1.54) is 0 Å². The van der Waals surface area contributed by atoms with E-state index in [4.69, 9.17) is 0 Å². The van der Waals surface area contributed by atoms with Crippen LogP contribution < -0.4 is 0 Å². The molecule has 0 atom stereocenters. The second kappa shape index (κ2) is 8.04. The number of amides is 1. The number of hydrogen-bond donors (Lipinski definition) is 1. The molecule has 0 saturated heterocycles. The Labute approximate surface area is 121 Å². The lowest BCUT2D eigenvalue weighted by Crippen LogP contribution is -2.42. The van der Waals surface area contributed by atoms with E-state index >= 15 is 0 Å². The summed E-state index contributed by atoms with van der Waals surface area (Å²) in [7, 11) is 0. The quantitative estimate of drug-likeness (QED) is 0.793. The van der Waals surface area contributed by atoms with Crippen LogP contribution in [-0.4, -0.2) is 44.9 Å². The molecule has 0 spiro atoms. The van der Waals surface area contributed by atoms with E-state index in [-0.39, 0.29) is 18.6 Å². The van der Waals surface area contributed by atoms with Crippen molar-refractivity contribution < 1.29 is 9.90 Å². The van der Waals surface area contributed by atoms with Gasteiger partial charge in [-0.3, -0.25) is 9.48 Å². The van der Waals surface area contributed by atoms with Gasteiger partial charge in [-0.05, 0) is 32.3 Å². The lowest BCUT2D eigenvalue weighted by Gasteiger charge is -2.30. The molecule has 1 rings (SSSR count). The Morgan fingerprint density at radius 1 is 1.35 bits per heavy atom. The Hall–Kier alpha value is -1.36. The first-order valence-corrected chi connectivity index (χ1v) is 7.61. The first-order valence-electron chi connectivity index (χ1n) is 7.61. The fourth-order valence-electron chi connectivity index (χ4n) is 2.49. The van der Waals surface area contributed by atoms with Crippen LogP contribution in [0.15, 0.2) is 6.07 Å². The van der Waals surface area contributed by atoms with Crippen LogP contribution in [0.3, 0.4) is 0 Å². The number of nitrogens with zero attached hydrogens (tertiary/aromatic N) is 3. The minimum Gasteiger partial charge on any atom is -0.395 e. The predicted octanol–water partition coefficient (Wildman–Crippen LogP) is 2.09. The van der Waals surface area contributed by atoms with Crippen molar-refractivity contribution in [3.63, 3.8) is 0 Å². The van der Waals surface area contributed by atoms with Gasteiger partial charge in [-0.25, -0.2) is 0 Å². The number of aromatic nitrogens is 2. The van der Waals surface area contributed by atoms with Gasteiger partial charge in [-0.2, -0.15) is 5.10 Å². The molecule has 0 aliphatic rings. The van der Waals surface area contributed by atoms with E-state index in [0.29, 0.717) is 18.8 Å². The smallest absolute Gasteiger partial charge is 0.272 e. The largest absolute Gasteiger partial charge is 0.395 e. The summed E-state index contributed by atoms with van der Waals surface area (Å²) in [6.45, 7) is 9.20. The van der Waals surface area contributed by atoms with Crippen molar-refractivity contribution in [1.29, 1.82) is 0 Å². The second-order valence-electron chi connectivity index (χ2n) is 4.88. The molecule has 0 bridgehead atoms. The van der Waals surface area contributed by atoms with Crippen molar-refractivity contribution in [2.45, 2.75) is 59.5 Å². The zero-order chi connectivity index (χ0) is 15.1. The highest BCUT2D eigenvalue weighted by Gasteiger charge is 2.25. The van der Waals surface area contributed by atoms with E-state index in [1.807, 2.05) is 19.9 Å². The second-order valence-corrected chi connectivity index (χ2v) is 4.88. The standard InChI is InChI=1S/C15H27N3O2/c1-5-12-11-14(18(8-4)16-12)15(20)17(9-10-19)13(6-2)7-3/h11,13,19H,5-10H2,1-4H3. The molecule has 0 aromatic carbocycles. The molecule has 0 aliphatic heterocycles. The summed E-state index contributed by atoms with van der Waals surface area (Å²) in [5, 5.41) is 13.7. The normalized spacial score (nSPS) is 11.1. The maximum absolute atomic E-state index is 12.8. The van der Waals surface area contributed by atoms with E-state index in [2.05, 4.69) is 18.9 Å². The average molecular weight is 281 g/mol. The molecule has 0 saturated carbocycles. The van der Waals surface area contributed by atoms with Crippen LogP contribution in [-0.2, 0) is 13.0 Å². The van der Waals surface area contributed by atoms with Gasteiger partial charge < -0.3 is 10.0 Å². The molecule has 1 aromatic rings. The van der Waals surface area contributed by atoms with E-state index in [9.17, 15) is 9.90 Å². The van der Waals surface area contributed by atoms with E-state index < -0.39 is 0 Å². The summed E-state index contributed by atoms with van der Waals surface area (Å²) in [5.41, 5.74) is 1.56. The van der Waals surface area contributed by atoms with Gasteiger partial charge in [0.1, 0.15) is 5.69 Å². The summed E-state index contributed by atoms with van der Waals surface area (Å²) in [4.78, 5) is 14.5. The molecule has 1 amide bonds. The van der Waals surface area contributed by atoms with Gasteiger partial charge in [0.15, 0.2) is 0 Å². The number of hydrogen-bond acceptors (Lipinski definition) is 3. The average Bonchev–Trinajstić information content (AvgIpc) is 2.90. The SMILES string of the molecule is CCc1cc(C(=O)N(CCO)C(CC)CC)n(CC)n1. The number of rotatable bonds is 8. The maximum atomic E-state index is 12.8. The van der Waals surface area contributed by atoms with Crippen LogP contribution >= 0.6 is 0 Å². The van der Waals surface area contributed by atoms with Crippen LogP contribution in [0.2, 0.25) is 0 Å². The third-order valence-electron chi connectivity index (χ3n) is 3.70. The molecule has 0 aliphatic carbocycles. The molecular weight excluding hydrogens is 254 g/mol. The molecule has 1 N–H and O–H groups in total. The molecule has 0 radical (unpaired) electrons. The number of carbonyl (C=O) groups excluding carboxylic acids is 1. The van der Waals surface area contributed by atoms with Gasteiger partial charge in [-0.1, -0.05) is 20.8 Å². The zero-order valence-electron chi connectivity index (χ0n) is 13.1. The predicted molar refractivity (Wildman–Crippen MR) is 79.8 cm³/mol. The van der Waals surface area contributed by atoms with Gasteiger partial charge in [0.05, 0.1) is 12.3 Å². The summed E-state index contributed by atoms with van der Waals surface area (Å²) in [6.07, 6.45) is 2.60. The lowest BCUT2D eigenvalue weighted by molar-refractivity contribution is 0.0610. The van der Waals surface area contributed by atoms with Gasteiger partial charge in [0.25, 0.3) is 5.91 Å². The Balaban J connectivity index is 3.07. The highest BCUT2D eigenvalue weighted by molar-refractivity contribution is 5.93. The van der Waals surface area contributed by atoms with Gasteiger partial charge in [0, 0.05) is 19.1 Å². The Kier molecular flexibility index (Phi) is 6.71. The van der Waals surface area contributed by atoms with Gasteiger partial charge >= 0.3 is 0 Å². The van der Waals surface area contributed by atoms with Crippen LogP contribution in [0, 0.1) is 0 Å². The fraction of sp³-hybridized carbons (Fsp3) is 0.733. The Morgan fingerprint density at radius 2 is 2.00 bits per heavy atom. The van der Waals surface area contributed by atoms with Crippen LogP contribution in [0.5, 0.6) is 0 Å². The zero-order valence-corrected chi connectivity index (χ0v) is 13.1. The van der Waals surface area contributed by atoms with Crippen molar-refractivity contribution in [3.8, 4) is 0 Å². The monoisotopic (exact) mass is 281 g/mol. The fourth-order valence-corrected chi connectivity index (χ4v) is 2.49. The summed E-state index contributed by atoms with van der Waals surface area (Å²) in [5.74, 6) is -0.0261.